The molecule has 4 amide bonds. The lowest BCUT2D eigenvalue weighted by Gasteiger charge is -2.43. The number of rotatable bonds is 9. The number of ether oxygens (including phenoxy) is 1. The first-order chi connectivity index (χ1) is 17.6. The van der Waals surface area contributed by atoms with Gasteiger partial charge in [-0.3, -0.25) is 14.4 Å². The van der Waals surface area contributed by atoms with Crippen LogP contribution in [-0.2, 0) is 25.7 Å². The number of carbonyl (C=O) groups is 4. The summed E-state index contributed by atoms with van der Waals surface area (Å²) in [6.45, 7) is 12.6. The SMILES string of the molecule is Cc1ccc(C(C(=O)NCc2ccccc2)N(C(=O)C(CC(N)=O)NC(=O)OC(C)(C)C)C(C)(C)C)cc1. The van der Waals surface area contributed by atoms with E-state index in [1.54, 1.807) is 53.7 Å². The lowest BCUT2D eigenvalue weighted by Crippen LogP contribution is -2.59. The summed E-state index contributed by atoms with van der Waals surface area (Å²) in [6.07, 6.45) is -1.33. The topological polar surface area (TPSA) is 131 Å². The van der Waals surface area contributed by atoms with Gasteiger partial charge in [0.2, 0.25) is 17.7 Å². The molecular weight excluding hydrogens is 484 g/mol. The number of nitrogens with one attached hydrogen (secondary N) is 2. The maximum Gasteiger partial charge on any atom is 0.408 e. The van der Waals surface area contributed by atoms with Crippen LogP contribution in [0.3, 0.4) is 0 Å². The summed E-state index contributed by atoms with van der Waals surface area (Å²) in [4.78, 5) is 53.7. The maximum atomic E-state index is 14.1. The number of nitrogens with zero attached hydrogens (tertiary/aromatic N) is 1. The number of amides is 4. The summed E-state index contributed by atoms with van der Waals surface area (Å²) in [6, 6.07) is 14.3. The first-order valence-electron chi connectivity index (χ1n) is 12.6. The minimum absolute atomic E-state index is 0.259. The lowest BCUT2D eigenvalue weighted by molar-refractivity contribution is -0.149. The molecule has 2 atom stereocenters. The molecule has 9 heteroatoms. The van der Waals surface area contributed by atoms with E-state index < -0.39 is 53.5 Å². The van der Waals surface area contributed by atoms with Gasteiger partial charge in [-0.25, -0.2) is 4.79 Å². The third-order valence-corrected chi connectivity index (χ3v) is 5.56. The van der Waals surface area contributed by atoms with Gasteiger partial charge < -0.3 is 26.0 Å². The van der Waals surface area contributed by atoms with Crippen molar-refractivity contribution in [1.82, 2.24) is 15.5 Å². The van der Waals surface area contributed by atoms with Crippen molar-refractivity contribution in [3.8, 4) is 0 Å². The highest BCUT2D eigenvalue weighted by Crippen LogP contribution is 2.30. The molecule has 2 rings (SSSR count). The van der Waals surface area contributed by atoms with Gasteiger partial charge in [-0.15, -0.1) is 0 Å². The molecule has 0 aliphatic rings. The Balaban J connectivity index is 2.51. The molecule has 9 nitrogen and oxygen atoms in total. The van der Waals surface area contributed by atoms with E-state index in [-0.39, 0.29) is 6.54 Å². The van der Waals surface area contributed by atoms with Gasteiger partial charge in [0.25, 0.3) is 0 Å². The van der Waals surface area contributed by atoms with Gasteiger partial charge in [-0.1, -0.05) is 60.2 Å². The number of nitrogens with two attached hydrogens (primary N) is 1. The highest BCUT2D eigenvalue weighted by atomic mass is 16.6. The molecule has 0 saturated heterocycles. The van der Waals surface area contributed by atoms with E-state index in [0.717, 1.165) is 11.1 Å². The van der Waals surface area contributed by atoms with E-state index in [0.29, 0.717) is 5.56 Å². The number of alkyl carbamates (subject to hydrolysis) is 1. The fourth-order valence-electron chi connectivity index (χ4n) is 3.91. The molecule has 0 fully saturated rings. The molecule has 0 aliphatic carbocycles. The Morgan fingerprint density at radius 3 is 2.00 bits per heavy atom. The summed E-state index contributed by atoms with van der Waals surface area (Å²) in [5.41, 5.74) is 6.20. The molecular formula is C29H40N4O5. The number of aryl methyl sites for hydroxylation is 1. The molecule has 2 aromatic rings. The van der Waals surface area contributed by atoms with Crippen molar-refractivity contribution in [3.05, 3.63) is 71.3 Å². The number of hydrogen-bond donors (Lipinski definition) is 3. The van der Waals surface area contributed by atoms with E-state index in [4.69, 9.17) is 10.5 Å². The van der Waals surface area contributed by atoms with Crippen molar-refractivity contribution in [2.45, 2.75) is 84.7 Å². The van der Waals surface area contributed by atoms with Gasteiger partial charge in [0.15, 0.2) is 0 Å². The van der Waals surface area contributed by atoms with E-state index in [2.05, 4.69) is 10.6 Å². The van der Waals surface area contributed by atoms with E-state index in [1.165, 1.54) is 4.90 Å². The molecule has 206 valence electrons. The normalized spacial score (nSPS) is 13.1. The van der Waals surface area contributed by atoms with Crippen LogP contribution >= 0.6 is 0 Å². The van der Waals surface area contributed by atoms with Gasteiger partial charge in [0.1, 0.15) is 17.7 Å². The fourth-order valence-corrected chi connectivity index (χ4v) is 3.91. The highest BCUT2D eigenvalue weighted by molar-refractivity contribution is 5.95. The Bertz CT molecular complexity index is 1120. The average Bonchev–Trinajstić information content (AvgIpc) is 2.79. The summed E-state index contributed by atoms with van der Waals surface area (Å²) >= 11 is 0. The summed E-state index contributed by atoms with van der Waals surface area (Å²) in [5, 5.41) is 5.42. The lowest BCUT2D eigenvalue weighted by atomic mass is 9.94. The van der Waals surface area contributed by atoms with Crippen LogP contribution in [0.15, 0.2) is 54.6 Å². The van der Waals surface area contributed by atoms with Crippen LogP contribution < -0.4 is 16.4 Å². The van der Waals surface area contributed by atoms with Crippen molar-refractivity contribution >= 4 is 23.8 Å². The van der Waals surface area contributed by atoms with E-state index in [9.17, 15) is 19.2 Å². The van der Waals surface area contributed by atoms with Crippen molar-refractivity contribution in [2.75, 3.05) is 0 Å². The molecule has 0 aromatic heterocycles. The first kappa shape index (κ1) is 30.3. The zero-order valence-corrected chi connectivity index (χ0v) is 23.3. The van der Waals surface area contributed by atoms with Crippen LogP contribution in [0.4, 0.5) is 4.79 Å². The van der Waals surface area contributed by atoms with Gasteiger partial charge in [0, 0.05) is 12.1 Å². The molecule has 2 unspecified atom stereocenters. The summed E-state index contributed by atoms with van der Waals surface area (Å²) in [7, 11) is 0. The average molecular weight is 525 g/mol. The molecule has 0 bridgehead atoms. The van der Waals surface area contributed by atoms with Crippen LogP contribution in [0.2, 0.25) is 0 Å². The molecule has 0 saturated carbocycles. The van der Waals surface area contributed by atoms with E-state index in [1.807, 2.05) is 49.4 Å². The maximum absolute atomic E-state index is 14.1. The van der Waals surface area contributed by atoms with E-state index >= 15 is 0 Å². The molecule has 38 heavy (non-hydrogen) atoms. The van der Waals surface area contributed by atoms with Crippen molar-refractivity contribution < 1.29 is 23.9 Å². The fraction of sp³-hybridized carbons (Fsp3) is 0.448. The molecule has 2 aromatic carbocycles. The number of hydrogen-bond acceptors (Lipinski definition) is 5. The van der Waals surface area contributed by atoms with Gasteiger partial charge in [-0.2, -0.15) is 0 Å². The first-order valence-corrected chi connectivity index (χ1v) is 12.6. The number of primary amides is 1. The highest BCUT2D eigenvalue weighted by Gasteiger charge is 2.42. The molecule has 0 aliphatic heterocycles. The van der Waals surface area contributed by atoms with Crippen molar-refractivity contribution in [1.29, 1.82) is 0 Å². The minimum atomic E-state index is -1.34. The van der Waals surface area contributed by atoms with Crippen molar-refractivity contribution in [2.24, 2.45) is 5.73 Å². The monoisotopic (exact) mass is 524 g/mol. The van der Waals surface area contributed by atoms with Crippen LogP contribution in [0.5, 0.6) is 0 Å². The van der Waals surface area contributed by atoms with Crippen molar-refractivity contribution in [3.63, 3.8) is 0 Å². The second-order valence-corrected chi connectivity index (χ2v) is 11.3. The number of carbonyl (C=O) groups excluding carboxylic acids is 4. The zero-order valence-electron chi connectivity index (χ0n) is 23.3. The number of benzene rings is 2. The van der Waals surface area contributed by atoms with Crippen LogP contribution in [0, 0.1) is 6.92 Å². The summed E-state index contributed by atoms with van der Waals surface area (Å²) in [5.74, 6) is -1.83. The zero-order chi connectivity index (χ0) is 28.7. The van der Waals surface area contributed by atoms with Crippen LogP contribution in [-0.4, -0.2) is 45.9 Å². The molecule has 4 N–H and O–H groups in total. The standard InChI is InChI=1S/C29H40N4O5/c1-19-13-15-21(16-14-19)24(25(35)31-18-20-11-9-8-10-12-20)33(28(2,3)4)26(36)22(17-23(30)34)32-27(37)38-29(5,6)7/h8-16,22,24H,17-18H2,1-7H3,(H2,30,34)(H,31,35)(H,32,37). The molecule has 0 radical (unpaired) electrons. The predicted octanol–water partition coefficient (Wildman–Crippen LogP) is 3.75. The van der Waals surface area contributed by atoms with Gasteiger partial charge in [-0.05, 0) is 59.6 Å². The Kier molecular flexibility index (Phi) is 10.0. The van der Waals surface area contributed by atoms with Gasteiger partial charge in [0.05, 0.1) is 6.42 Å². The Morgan fingerprint density at radius 1 is 0.921 bits per heavy atom. The largest absolute Gasteiger partial charge is 0.444 e. The minimum Gasteiger partial charge on any atom is -0.444 e. The second-order valence-electron chi connectivity index (χ2n) is 11.3. The predicted molar refractivity (Wildman–Crippen MR) is 146 cm³/mol. The second kappa shape index (κ2) is 12.6. The van der Waals surface area contributed by atoms with Gasteiger partial charge >= 0.3 is 6.09 Å². The smallest absolute Gasteiger partial charge is 0.408 e. The Morgan fingerprint density at radius 2 is 1.50 bits per heavy atom. The quantitative estimate of drug-likeness (QED) is 0.460. The summed E-state index contributed by atoms with van der Waals surface area (Å²) < 4.78 is 5.31. The molecule has 0 spiro atoms. The third-order valence-electron chi connectivity index (χ3n) is 5.56. The van der Waals surface area contributed by atoms with Crippen LogP contribution in [0.1, 0.15) is 70.7 Å². The Hall–Kier alpha value is -3.88. The molecule has 0 heterocycles. The Labute approximate surface area is 225 Å². The van der Waals surface area contributed by atoms with Crippen LogP contribution in [0.25, 0.3) is 0 Å². The third kappa shape index (κ3) is 9.21.